The molecular formula is C12H18N2O2S2. The molecule has 0 spiro atoms. The van der Waals surface area contributed by atoms with Crippen LogP contribution in [0.1, 0.15) is 12.8 Å². The predicted octanol–water partition coefficient (Wildman–Crippen LogP) is 1.90. The second-order valence-corrected chi connectivity index (χ2v) is 7.38. The van der Waals surface area contributed by atoms with Crippen LogP contribution in [-0.2, 0) is 10.0 Å². The first-order valence-corrected chi connectivity index (χ1v) is 8.55. The van der Waals surface area contributed by atoms with Crippen LogP contribution in [0, 0.1) is 0 Å². The van der Waals surface area contributed by atoms with Crippen LogP contribution in [0.5, 0.6) is 0 Å². The van der Waals surface area contributed by atoms with E-state index in [1.54, 1.807) is 25.2 Å². The van der Waals surface area contributed by atoms with E-state index >= 15 is 0 Å². The van der Waals surface area contributed by atoms with Crippen molar-refractivity contribution in [1.29, 1.82) is 0 Å². The van der Waals surface area contributed by atoms with E-state index in [1.807, 2.05) is 17.8 Å². The fraction of sp³-hybridized carbons (Fsp3) is 0.500. The Morgan fingerprint density at radius 2 is 2.17 bits per heavy atom. The molecule has 1 fully saturated rings. The van der Waals surface area contributed by atoms with Gasteiger partial charge < -0.3 is 5.32 Å². The van der Waals surface area contributed by atoms with E-state index in [0.717, 1.165) is 12.2 Å². The molecule has 1 aliphatic heterocycles. The van der Waals surface area contributed by atoms with Crippen LogP contribution in [0.4, 0.5) is 5.69 Å². The number of para-hydroxylation sites is 1. The summed E-state index contributed by atoms with van der Waals surface area (Å²) in [5, 5.41) is 3.32. The Labute approximate surface area is 113 Å². The molecule has 2 N–H and O–H groups in total. The van der Waals surface area contributed by atoms with Gasteiger partial charge in [0, 0.05) is 18.8 Å². The highest BCUT2D eigenvalue weighted by atomic mass is 32.2. The maximum absolute atomic E-state index is 12.2. The minimum atomic E-state index is -3.42. The SMILES string of the molecule is CNc1ccccc1S(=O)(=O)NCC1CCCS1. The highest BCUT2D eigenvalue weighted by Gasteiger charge is 2.21. The molecule has 6 heteroatoms. The number of hydrogen-bond donors (Lipinski definition) is 2. The molecule has 100 valence electrons. The van der Waals surface area contributed by atoms with Crippen LogP contribution in [-0.4, -0.2) is 33.0 Å². The summed E-state index contributed by atoms with van der Waals surface area (Å²) in [5.74, 6) is 1.14. The van der Waals surface area contributed by atoms with E-state index in [0.29, 0.717) is 22.4 Å². The normalized spacial score (nSPS) is 19.9. The molecule has 1 unspecified atom stereocenters. The summed E-state index contributed by atoms with van der Waals surface area (Å²) in [5.41, 5.74) is 0.629. The molecular weight excluding hydrogens is 268 g/mol. The fourth-order valence-corrected chi connectivity index (χ4v) is 4.59. The standard InChI is InChI=1S/C12H18N2O2S2/c1-13-11-6-2-3-7-12(11)18(15,16)14-9-10-5-4-8-17-10/h2-3,6-7,10,13-14H,4-5,8-9H2,1H3. The minimum Gasteiger partial charge on any atom is -0.387 e. The fourth-order valence-electron chi connectivity index (χ4n) is 1.99. The first-order chi connectivity index (χ1) is 8.63. The van der Waals surface area contributed by atoms with Crippen LogP contribution >= 0.6 is 11.8 Å². The van der Waals surface area contributed by atoms with E-state index in [9.17, 15) is 8.42 Å². The van der Waals surface area contributed by atoms with Gasteiger partial charge in [0.2, 0.25) is 10.0 Å². The molecule has 0 saturated carbocycles. The zero-order valence-corrected chi connectivity index (χ0v) is 12.0. The molecule has 18 heavy (non-hydrogen) atoms. The van der Waals surface area contributed by atoms with Crippen molar-refractivity contribution in [3.63, 3.8) is 0 Å². The van der Waals surface area contributed by atoms with Gasteiger partial charge in [0.15, 0.2) is 0 Å². The monoisotopic (exact) mass is 286 g/mol. The van der Waals surface area contributed by atoms with Gasteiger partial charge in [-0.3, -0.25) is 0 Å². The molecule has 0 radical (unpaired) electrons. The molecule has 1 aliphatic rings. The second-order valence-electron chi connectivity index (χ2n) is 4.23. The maximum Gasteiger partial charge on any atom is 0.242 e. The number of anilines is 1. The smallest absolute Gasteiger partial charge is 0.242 e. The largest absolute Gasteiger partial charge is 0.387 e. The lowest BCUT2D eigenvalue weighted by atomic mass is 10.2. The second kappa shape index (κ2) is 5.95. The molecule has 1 atom stereocenters. The van der Waals surface area contributed by atoms with Crippen molar-refractivity contribution in [2.45, 2.75) is 23.0 Å². The minimum absolute atomic E-state index is 0.315. The van der Waals surface area contributed by atoms with Crippen molar-refractivity contribution >= 4 is 27.5 Å². The van der Waals surface area contributed by atoms with Gasteiger partial charge in [-0.15, -0.1) is 0 Å². The van der Waals surface area contributed by atoms with Crippen molar-refractivity contribution in [3.05, 3.63) is 24.3 Å². The molecule has 0 aromatic heterocycles. The van der Waals surface area contributed by atoms with Crippen molar-refractivity contribution in [3.8, 4) is 0 Å². The summed E-state index contributed by atoms with van der Waals surface area (Å²) in [6.07, 6.45) is 2.28. The quantitative estimate of drug-likeness (QED) is 0.868. The number of rotatable bonds is 5. The highest BCUT2D eigenvalue weighted by molar-refractivity contribution is 8.00. The van der Waals surface area contributed by atoms with E-state index in [2.05, 4.69) is 10.0 Å². The van der Waals surface area contributed by atoms with Crippen LogP contribution in [0.2, 0.25) is 0 Å². The van der Waals surface area contributed by atoms with Gasteiger partial charge in [-0.1, -0.05) is 12.1 Å². The zero-order valence-electron chi connectivity index (χ0n) is 10.3. The highest BCUT2D eigenvalue weighted by Crippen LogP contribution is 2.26. The molecule has 1 aromatic carbocycles. The lowest BCUT2D eigenvalue weighted by molar-refractivity contribution is 0.579. The first-order valence-electron chi connectivity index (χ1n) is 6.01. The van der Waals surface area contributed by atoms with E-state index in [1.165, 1.54) is 6.42 Å². The van der Waals surface area contributed by atoms with Crippen LogP contribution < -0.4 is 10.0 Å². The van der Waals surface area contributed by atoms with Crippen molar-refractivity contribution in [2.24, 2.45) is 0 Å². The first kappa shape index (κ1) is 13.7. The summed E-state index contributed by atoms with van der Waals surface area (Å²) in [6.45, 7) is 0.519. The Kier molecular flexibility index (Phi) is 4.53. The Morgan fingerprint density at radius 3 is 2.83 bits per heavy atom. The van der Waals surface area contributed by atoms with Crippen molar-refractivity contribution in [1.82, 2.24) is 4.72 Å². The molecule has 0 aliphatic carbocycles. The number of thioether (sulfide) groups is 1. The molecule has 4 nitrogen and oxygen atoms in total. The lowest BCUT2D eigenvalue weighted by Gasteiger charge is -2.13. The summed E-state index contributed by atoms with van der Waals surface area (Å²) in [4.78, 5) is 0.315. The van der Waals surface area contributed by atoms with Gasteiger partial charge in [0.1, 0.15) is 4.90 Å². The summed E-state index contributed by atoms with van der Waals surface area (Å²) >= 11 is 1.85. The third-order valence-corrected chi connectivity index (χ3v) is 5.85. The molecule has 1 saturated heterocycles. The number of hydrogen-bond acceptors (Lipinski definition) is 4. The van der Waals surface area contributed by atoms with Crippen molar-refractivity contribution in [2.75, 3.05) is 24.7 Å². The number of nitrogens with one attached hydrogen (secondary N) is 2. The maximum atomic E-state index is 12.2. The number of sulfonamides is 1. The van der Waals surface area contributed by atoms with Gasteiger partial charge in [0.05, 0.1) is 5.69 Å². The van der Waals surface area contributed by atoms with Gasteiger partial charge in [0.25, 0.3) is 0 Å². The van der Waals surface area contributed by atoms with E-state index < -0.39 is 10.0 Å². The van der Waals surface area contributed by atoms with Gasteiger partial charge in [-0.25, -0.2) is 13.1 Å². The van der Waals surface area contributed by atoms with E-state index in [-0.39, 0.29) is 0 Å². The third-order valence-electron chi connectivity index (χ3n) is 2.97. The summed E-state index contributed by atoms with van der Waals surface area (Å²) in [7, 11) is -1.69. The van der Waals surface area contributed by atoms with Gasteiger partial charge in [-0.05, 0) is 30.7 Å². The molecule has 1 aromatic rings. The molecule has 0 amide bonds. The van der Waals surface area contributed by atoms with Crippen molar-refractivity contribution < 1.29 is 8.42 Å². The average molecular weight is 286 g/mol. The molecule has 0 bridgehead atoms. The lowest BCUT2D eigenvalue weighted by Crippen LogP contribution is -2.30. The van der Waals surface area contributed by atoms with Gasteiger partial charge in [-0.2, -0.15) is 11.8 Å². The van der Waals surface area contributed by atoms with E-state index in [4.69, 9.17) is 0 Å². The predicted molar refractivity (Wildman–Crippen MR) is 76.7 cm³/mol. The van der Waals surface area contributed by atoms with Crippen LogP contribution in [0.3, 0.4) is 0 Å². The van der Waals surface area contributed by atoms with Gasteiger partial charge >= 0.3 is 0 Å². The average Bonchev–Trinajstić information content (AvgIpc) is 2.89. The van der Waals surface area contributed by atoms with Crippen LogP contribution in [0.15, 0.2) is 29.2 Å². The number of benzene rings is 1. The Morgan fingerprint density at radius 1 is 1.39 bits per heavy atom. The van der Waals surface area contributed by atoms with Crippen LogP contribution in [0.25, 0.3) is 0 Å². The Bertz CT molecular complexity index is 497. The zero-order chi connectivity index (χ0) is 13.0. The Hall–Kier alpha value is -0.720. The molecule has 2 rings (SSSR count). The topological polar surface area (TPSA) is 58.2 Å². The summed E-state index contributed by atoms with van der Waals surface area (Å²) < 4.78 is 27.1. The molecule has 1 heterocycles. The Balaban J connectivity index is 2.09. The summed E-state index contributed by atoms with van der Waals surface area (Å²) in [6, 6.07) is 6.94. The third kappa shape index (κ3) is 3.18.